The van der Waals surface area contributed by atoms with E-state index in [2.05, 4.69) is 4.98 Å². The molecule has 0 atom stereocenters. The van der Waals surface area contributed by atoms with Gasteiger partial charge in [-0.05, 0) is 18.6 Å². The smallest absolute Gasteiger partial charge is 0.137 e. The fourth-order valence-corrected chi connectivity index (χ4v) is 1.76. The highest BCUT2D eigenvalue weighted by atomic mass is 35.5. The molecule has 0 saturated heterocycles. The lowest BCUT2D eigenvalue weighted by atomic mass is 10.1. The normalized spacial score (nSPS) is 10.7. The number of benzene rings is 1. The zero-order chi connectivity index (χ0) is 10.1. The zero-order valence-electron chi connectivity index (χ0n) is 7.92. The zero-order valence-corrected chi connectivity index (χ0v) is 8.67. The van der Waals surface area contributed by atoms with Crippen molar-refractivity contribution in [3.63, 3.8) is 0 Å². The maximum absolute atomic E-state index is 6.05. The van der Waals surface area contributed by atoms with Crippen molar-refractivity contribution in [3.05, 3.63) is 35.1 Å². The summed E-state index contributed by atoms with van der Waals surface area (Å²) in [5.74, 6) is 0. The average Bonchev–Trinajstić information content (AvgIpc) is 2.19. The summed E-state index contributed by atoms with van der Waals surface area (Å²) in [6, 6.07) is 7.69. The molecule has 1 aromatic heterocycles. The second-order valence-corrected chi connectivity index (χ2v) is 3.56. The Labute approximate surface area is 87.7 Å². The first-order valence-electron chi connectivity index (χ1n) is 4.56. The molecule has 0 saturated carbocycles. The number of hydrogen-bond acceptors (Lipinski definition) is 2. The van der Waals surface area contributed by atoms with Crippen LogP contribution < -0.4 is 5.73 Å². The van der Waals surface area contributed by atoms with Crippen LogP contribution >= 0.6 is 11.6 Å². The Morgan fingerprint density at radius 1 is 1.36 bits per heavy atom. The second-order valence-electron chi connectivity index (χ2n) is 3.20. The monoisotopic (exact) mass is 206 g/mol. The Balaban J connectivity index is 2.83. The predicted molar refractivity (Wildman–Crippen MR) is 60.5 cm³/mol. The molecule has 1 heterocycles. The van der Waals surface area contributed by atoms with E-state index in [0.717, 1.165) is 28.6 Å². The molecule has 0 fully saturated rings. The lowest BCUT2D eigenvalue weighted by Crippen LogP contribution is -1.92. The van der Waals surface area contributed by atoms with Crippen molar-refractivity contribution in [2.24, 2.45) is 0 Å². The fraction of sp³-hybridized carbons (Fsp3) is 0.182. The molecule has 0 aliphatic rings. The quantitative estimate of drug-likeness (QED) is 0.576. The summed E-state index contributed by atoms with van der Waals surface area (Å²) in [6.45, 7) is 2.05. The highest BCUT2D eigenvalue weighted by Gasteiger charge is 2.04. The van der Waals surface area contributed by atoms with E-state index in [1.165, 1.54) is 0 Å². The van der Waals surface area contributed by atoms with Gasteiger partial charge in [0.2, 0.25) is 0 Å². The Bertz CT molecular complexity index is 480. The molecule has 0 unspecified atom stereocenters. The molecule has 3 heteroatoms. The van der Waals surface area contributed by atoms with E-state index < -0.39 is 0 Å². The van der Waals surface area contributed by atoms with E-state index in [1.54, 1.807) is 0 Å². The van der Waals surface area contributed by atoms with Crippen LogP contribution in [0.25, 0.3) is 10.8 Å². The minimum atomic E-state index is 0.534. The molecular weight excluding hydrogens is 196 g/mol. The molecule has 0 aliphatic carbocycles. The first-order valence-corrected chi connectivity index (χ1v) is 4.93. The summed E-state index contributed by atoms with van der Waals surface area (Å²) >= 11 is 6.05. The number of aromatic nitrogens is 1. The van der Waals surface area contributed by atoms with E-state index in [9.17, 15) is 0 Å². The van der Waals surface area contributed by atoms with E-state index in [-0.39, 0.29) is 0 Å². The number of anilines is 1. The third kappa shape index (κ3) is 1.42. The minimum Gasteiger partial charge on any atom is -0.398 e. The summed E-state index contributed by atoms with van der Waals surface area (Å²) in [5, 5.41) is 2.44. The predicted octanol–water partition coefficient (Wildman–Crippen LogP) is 3.03. The van der Waals surface area contributed by atoms with Gasteiger partial charge in [0.15, 0.2) is 0 Å². The summed E-state index contributed by atoms with van der Waals surface area (Å²) in [7, 11) is 0. The Hall–Kier alpha value is -1.28. The van der Waals surface area contributed by atoms with Crippen molar-refractivity contribution in [2.75, 3.05) is 5.73 Å². The molecule has 0 amide bonds. The van der Waals surface area contributed by atoms with Gasteiger partial charge in [0.05, 0.1) is 0 Å². The second kappa shape index (κ2) is 3.46. The van der Waals surface area contributed by atoms with Gasteiger partial charge in [-0.1, -0.05) is 30.7 Å². The Morgan fingerprint density at radius 3 is 2.86 bits per heavy atom. The van der Waals surface area contributed by atoms with Crippen molar-refractivity contribution in [1.29, 1.82) is 0 Å². The third-order valence-electron chi connectivity index (χ3n) is 2.28. The molecule has 0 bridgehead atoms. The number of halogens is 1. The van der Waals surface area contributed by atoms with Crippen LogP contribution in [0.4, 0.5) is 5.69 Å². The number of rotatable bonds is 1. The maximum atomic E-state index is 6.05. The maximum Gasteiger partial charge on any atom is 0.137 e. The van der Waals surface area contributed by atoms with Gasteiger partial charge in [-0.25, -0.2) is 4.98 Å². The van der Waals surface area contributed by atoms with Crippen LogP contribution in [0.1, 0.15) is 12.6 Å². The van der Waals surface area contributed by atoms with Crippen molar-refractivity contribution in [2.45, 2.75) is 13.3 Å². The van der Waals surface area contributed by atoms with Crippen LogP contribution in [0.15, 0.2) is 24.3 Å². The molecule has 0 aliphatic heterocycles. The van der Waals surface area contributed by atoms with Crippen LogP contribution in [-0.2, 0) is 6.42 Å². The number of nitrogen functional groups attached to an aromatic ring is 1. The third-order valence-corrected chi connectivity index (χ3v) is 2.57. The molecule has 2 aromatic rings. The van der Waals surface area contributed by atoms with Crippen LogP contribution in [0.5, 0.6) is 0 Å². The summed E-state index contributed by atoms with van der Waals surface area (Å²) in [4.78, 5) is 4.27. The number of nitrogens with zero attached hydrogens (tertiary/aromatic N) is 1. The van der Waals surface area contributed by atoms with Gasteiger partial charge in [0.25, 0.3) is 0 Å². The van der Waals surface area contributed by atoms with Gasteiger partial charge in [0.1, 0.15) is 5.15 Å². The van der Waals surface area contributed by atoms with Crippen LogP contribution in [0, 0.1) is 0 Å². The molecule has 2 N–H and O–H groups in total. The number of fused-ring (bicyclic) bond motifs is 1. The lowest BCUT2D eigenvalue weighted by molar-refractivity contribution is 1.05. The number of nitrogens with two attached hydrogens (primary N) is 1. The SMILES string of the molecule is CCc1cc2c(N)cccc2c(Cl)n1. The molecule has 0 spiro atoms. The van der Waals surface area contributed by atoms with Gasteiger partial charge in [-0.2, -0.15) is 0 Å². The minimum absolute atomic E-state index is 0.534. The molecule has 14 heavy (non-hydrogen) atoms. The molecule has 72 valence electrons. The summed E-state index contributed by atoms with van der Waals surface area (Å²) < 4.78 is 0. The van der Waals surface area contributed by atoms with Crippen molar-refractivity contribution in [3.8, 4) is 0 Å². The highest BCUT2D eigenvalue weighted by molar-refractivity contribution is 6.34. The van der Waals surface area contributed by atoms with Gasteiger partial charge in [-0.3, -0.25) is 0 Å². The Morgan fingerprint density at radius 2 is 2.14 bits per heavy atom. The summed E-state index contributed by atoms with van der Waals surface area (Å²) in [6.07, 6.45) is 0.865. The van der Waals surface area contributed by atoms with E-state index in [0.29, 0.717) is 5.15 Å². The van der Waals surface area contributed by atoms with Gasteiger partial charge < -0.3 is 5.73 Å². The summed E-state index contributed by atoms with van der Waals surface area (Å²) in [5.41, 5.74) is 7.59. The topological polar surface area (TPSA) is 38.9 Å². The first-order chi connectivity index (χ1) is 6.72. The van der Waals surface area contributed by atoms with Crippen molar-refractivity contribution in [1.82, 2.24) is 4.98 Å². The number of hydrogen-bond donors (Lipinski definition) is 1. The number of pyridine rings is 1. The van der Waals surface area contributed by atoms with E-state index in [4.69, 9.17) is 17.3 Å². The van der Waals surface area contributed by atoms with Crippen LogP contribution in [0.2, 0.25) is 5.15 Å². The van der Waals surface area contributed by atoms with E-state index >= 15 is 0 Å². The number of aryl methyl sites for hydroxylation is 1. The molecule has 2 nitrogen and oxygen atoms in total. The van der Waals surface area contributed by atoms with Gasteiger partial charge >= 0.3 is 0 Å². The van der Waals surface area contributed by atoms with Gasteiger partial charge in [-0.15, -0.1) is 0 Å². The van der Waals surface area contributed by atoms with Crippen molar-refractivity contribution >= 4 is 28.1 Å². The van der Waals surface area contributed by atoms with Crippen LogP contribution in [0.3, 0.4) is 0 Å². The van der Waals surface area contributed by atoms with Crippen molar-refractivity contribution < 1.29 is 0 Å². The fourth-order valence-electron chi connectivity index (χ4n) is 1.49. The molecule has 0 radical (unpaired) electrons. The lowest BCUT2D eigenvalue weighted by Gasteiger charge is -2.05. The van der Waals surface area contributed by atoms with Gasteiger partial charge in [0, 0.05) is 22.2 Å². The standard InChI is InChI=1S/C11H11ClN2/c1-2-7-6-9-8(11(12)14-7)4-3-5-10(9)13/h3-6H,2,13H2,1H3. The Kier molecular flexibility index (Phi) is 2.30. The molecule has 1 aromatic carbocycles. The average molecular weight is 207 g/mol. The molecular formula is C11H11ClN2. The highest BCUT2D eigenvalue weighted by Crippen LogP contribution is 2.26. The largest absolute Gasteiger partial charge is 0.398 e. The van der Waals surface area contributed by atoms with E-state index in [1.807, 2.05) is 31.2 Å². The first kappa shape index (κ1) is 9.28. The van der Waals surface area contributed by atoms with Crippen LogP contribution in [-0.4, -0.2) is 4.98 Å². The molecule has 2 rings (SSSR count).